The number of hydrogen-bond acceptors (Lipinski definition) is 2. The number of rotatable bonds is 4. The van der Waals surface area contributed by atoms with Crippen LogP contribution in [0.5, 0.6) is 0 Å². The van der Waals surface area contributed by atoms with Crippen molar-refractivity contribution in [2.24, 2.45) is 0 Å². The van der Waals surface area contributed by atoms with Gasteiger partial charge in [-0.15, -0.1) is 0 Å². The zero-order valence-corrected chi connectivity index (χ0v) is 10.9. The monoisotopic (exact) mass is 252 g/mol. The van der Waals surface area contributed by atoms with Crippen LogP contribution in [0.4, 0.5) is 0 Å². The maximum absolute atomic E-state index is 11.7. The summed E-state index contributed by atoms with van der Waals surface area (Å²) in [6.07, 6.45) is 2.52. The Morgan fingerprint density at radius 3 is 2.42 bits per heavy atom. The van der Waals surface area contributed by atoms with E-state index in [0.29, 0.717) is 12.0 Å². The van der Waals surface area contributed by atoms with Crippen molar-refractivity contribution >= 4 is 12.0 Å². The van der Waals surface area contributed by atoms with Crippen molar-refractivity contribution in [2.75, 3.05) is 7.11 Å². The van der Waals surface area contributed by atoms with E-state index in [1.54, 1.807) is 6.07 Å². The van der Waals surface area contributed by atoms with Crippen molar-refractivity contribution in [3.8, 4) is 0 Å². The highest BCUT2D eigenvalue weighted by molar-refractivity contribution is 5.91. The summed E-state index contributed by atoms with van der Waals surface area (Å²) in [6, 6.07) is 15.5. The molecule has 2 aromatic rings. The van der Waals surface area contributed by atoms with Gasteiger partial charge < -0.3 is 4.74 Å². The lowest BCUT2D eigenvalue weighted by Crippen LogP contribution is -2.06. The Balaban J connectivity index is 2.38. The molecule has 0 fully saturated rings. The van der Waals surface area contributed by atoms with Gasteiger partial charge in [-0.2, -0.15) is 0 Å². The first-order valence-electron chi connectivity index (χ1n) is 6.13. The summed E-state index contributed by atoms with van der Waals surface area (Å²) < 4.78 is 4.81. The molecule has 0 bridgehead atoms. The molecule has 2 heteroatoms. The van der Waals surface area contributed by atoms with Crippen molar-refractivity contribution in [3.63, 3.8) is 0 Å². The van der Waals surface area contributed by atoms with Crippen molar-refractivity contribution in [1.29, 1.82) is 0 Å². The Labute approximate surface area is 113 Å². The fraction of sp³-hybridized carbons (Fsp3) is 0.118. The third-order valence-electron chi connectivity index (χ3n) is 3.08. The fourth-order valence-corrected chi connectivity index (χ4v) is 2.08. The molecule has 2 aromatic carbocycles. The molecule has 0 aromatic heterocycles. The molecular formula is C17H16O2. The van der Waals surface area contributed by atoms with Gasteiger partial charge in [0, 0.05) is 0 Å². The van der Waals surface area contributed by atoms with Crippen molar-refractivity contribution < 1.29 is 9.53 Å². The van der Waals surface area contributed by atoms with Gasteiger partial charge >= 0.3 is 5.97 Å². The van der Waals surface area contributed by atoms with Gasteiger partial charge in [-0.1, -0.05) is 55.1 Å². The lowest BCUT2D eigenvalue weighted by Gasteiger charge is -2.10. The molecule has 2 nitrogen and oxygen atoms in total. The minimum absolute atomic E-state index is 0.299. The number of hydrogen-bond donors (Lipinski definition) is 0. The number of ether oxygens (including phenoxy) is 1. The maximum Gasteiger partial charge on any atom is 0.338 e. The summed E-state index contributed by atoms with van der Waals surface area (Å²) >= 11 is 0. The van der Waals surface area contributed by atoms with Gasteiger partial charge in [0.2, 0.25) is 0 Å². The molecule has 96 valence electrons. The van der Waals surface area contributed by atoms with Crippen LogP contribution >= 0.6 is 0 Å². The minimum atomic E-state index is -0.299. The van der Waals surface area contributed by atoms with Gasteiger partial charge in [0.25, 0.3) is 0 Å². The predicted molar refractivity (Wildman–Crippen MR) is 77.1 cm³/mol. The molecule has 0 atom stereocenters. The Morgan fingerprint density at radius 2 is 1.74 bits per heavy atom. The number of benzene rings is 2. The Bertz CT molecular complexity index is 600. The van der Waals surface area contributed by atoms with Gasteiger partial charge in [-0.25, -0.2) is 4.79 Å². The normalized spacial score (nSPS) is 9.95. The first-order chi connectivity index (χ1) is 9.26. The minimum Gasteiger partial charge on any atom is -0.465 e. The molecule has 0 aliphatic carbocycles. The fourth-order valence-electron chi connectivity index (χ4n) is 2.08. The molecule has 0 saturated heterocycles. The Hall–Kier alpha value is -2.35. The van der Waals surface area contributed by atoms with Crippen molar-refractivity contribution in [1.82, 2.24) is 0 Å². The second-order valence-corrected chi connectivity index (χ2v) is 4.23. The third-order valence-corrected chi connectivity index (χ3v) is 3.08. The predicted octanol–water partition coefficient (Wildman–Crippen LogP) is 3.71. The lowest BCUT2D eigenvalue weighted by atomic mass is 9.96. The first kappa shape index (κ1) is 13.1. The Morgan fingerprint density at radius 1 is 1.11 bits per heavy atom. The quantitative estimate of drug-likeness (QED) is 0.775. The molecule has 0 N–H and O–H groups in total. The van der Waals surface area contributed by atoms with E-state index in [0.717, 1.165) is 16.7 Å². The van der Waals surface area contributed by atoms with Crippen LogP contribution in [-0.2, 0) is 11.2 Å². The smallest absolute Gasteiger partial charge is 0.338 e. The van der Waals surface area contributed by atoms with Gasteiger partial charge in [-0.05, 0) is 29.2 Å². The van der Waals surface area contributed by atoms with E-state index in [2.05, 4.69) is 6.58 Å². The molecule has 0 saturated carbocycles. The maximum atomic E-state index is 11.7. The third kappa shape index (κ3) is 2.91. The highest BCUT2D eigenvalue weighted by Crippen LogP contribution is 2.18. The summed E-state index contributed by atoms with van der Waals surface area (Å²) in [5.74, 6) is -0.299. The molecule has 0 radical (unpaired) electrons. The number of carbonyl (C=O) groups is 1. The van der Waals surface area contributed by atoms with Crippen LogP contribution < -0.4 is 0 Å². The van der Waals surface area contributed by atoms with E-state index < -0.39 is 0 Å². The van der Waals surface area contributed by atoms with Gasteiger partial charge in [-0.3, -0.25) is 0 Å². The topological polar surface area (TPSA) is 26.3 Å². The highest BCUT2D eigenvalue weighted by atomic mass is 16.5. The van der Waals surface area contributed by atoms with Crippen LogP contribution in [0.3, 0.4) is 0 Å². The average Bonchev–Trinajstić information content (AvgIpc) is 2.47. The van der Waals surface area contributed by atoms with Gasteiger partial charge in [0.1, 0.15) is 0 Å². The van der Waals surface area contributed by atoms with Crippen molar-refractivity contribution in [3.05, 3.63) is 77.4 Å². The van der Waals surface area contributed by atoms with Crippen LogP contribution in [0.2, 0.25) is 0 Å². The Kier molecular flexibility index (Phi) is 4.14. The van der Waals surface area contributed by atoms with E-state index >= 15 is 0 Å². The summed E-state index contributed by atoms with van der Waals surface area (Å²) in [5, 5.41) is 0. The lowest BCUT2D eigenvalue weighted by molar-refractivity contribution is 0.0599. The number of esters is 1. The standard InChI is InChI=1S/C17H16O2/c1-3-13-8-4-5-9-14(13)12-15-10-6-7-11-16(15)17(18)19-2/h3-11H,1,12H2,2H3. The zero-order valence-electron chi connectivity index (χ0n) is 10.9. The van der Waals surface area contributed by atoms with Crippen molar-refractivity contribution in [2.45, 2.75) is 6.42 Å². The largest absolute Gasteiger partial charge is 0.465 e. The molecule has 0 spiro atoms. The molecule has 0 aliphatic rings. The average molecular weight is 252 g/mol. The van der Waals surface area contributed by atoms with Crippen LogP contribution in [-0.4, -0.2) is 13.1 Å². The van der Waals surface area contributed by atoms with Gasteiger partial charge in [0.15, 0.2) is 0 Å². The van der Waals surface area contributed by atoms with Crippen LogP contribution in [0.25, 0.3) is 6.08 Å². The van der Waals surface area contributed by atoms with Crippen LogP contribution in [0.1, 0.15) is 27.0 Å². The highest BCUT2D eigenvalue weighted by Gasteiger charge is 2.11. The summed E-state index contributed by atoms with van der Waals surface area (Å²) in [5.41, 5.74) is 3.81. The summed E-state index contributed by atoms with van der Waals surface area (Å²) in [7, 11) is 1.40. The molecule has 0 heterocycles. The first-order valence-corrected chi connectivity index (χ1v) is 6.13. The molecule has 0 aliphatic heterocycles. The molecule has 0 unspecified atom stereocenters. The van der Waals surface area contributed by atoms with Crippen LogP contribution in [0, 0.1) is 0 Å². The summed E-state index contributed by atoms with van der Waals surface area (Å²) in [4.78, 5) is 11.7. The second kappa shape index (κ2) is 6.01. The van der Waals surface area contributed by atoms with E-state index in [9.17, 15) is 4.79 Å². The molecule has 2 rings (SSSR count). The second-order valence-electron chi connectivity index (χ2n) is 4.23. The van der Waals surface area contributed by atoms with Gasteiger partial charge in [0.05, 0.1) is 12.7 Å². The van der Waals surface area contributed by atoms with E-state index in [4.69, 9.17) is 4.74 Å². The molecular weight excluding hydrogens is 236 g/mol. The SMILES string of the molecule is C=Cc1ccccc1Cc1ccccc1C(=O)OC. The number of carbonyl (C=O) groups excluding carboxylic acids is 1. The summed E-state index contributed by atoms with van der Waals surface area (Å²) in [6.45, 7) is 3.82. The van der Waals surface area contributed by atoms with E-state index in [-0.39, 0.29) is 5.97 Å². The molecule has 19 heavy (non-hydrogen) atoms. The van der Waals surface area contributed by atoms with E-state index in [1.165, 1.54) is 7.11 Å². The zero-order chi connectivity index (χ0) is 13.7. The van der Waals surface area contributed by atoms with E-state index in [1.807, 2.05) is 48.5 Å². The van der Waals surface area contributed by atoms with Crippen LogP contribution in [0.15, 0.2) is 55.1 Å². The number of methoxy groups -OCH3 is 1. The molecule has 0 amide bonds.